The zero-order chi connectivity index (χ0) is 16.8. The van der Waals surface area contributed by atoms with Crippen molar-refractivity contribution in [1.82, 2.24) is 15.6 Å². The lowest BCUT2D eigenvalue weighted by Crippen LogP contribution is -2.39. The SMILES string of the molecule is O=C(CCNC(=O)[C@@H]1Cc2ccccc2O1)NCc1ccncc1. The number of nitrogens with one attached hydrogen (secondary N) is 2. The van der Waals surface area contributed by atoms with E-state index in [2.05, 4.69) is 15.6 Å². The Kier molecular flexibility index (Phi) is 5.05. The summed E-state index contributed by atoms with van der Waals surface area (Å²) in [5, 5.41) is 5.56. The number of fused-ring (bicyclic) bond motifs is 1. The van der Waals surface area contributed by atoms with E-state index in [4.69, 9.17) is 4.74 Å². The van der Waals surface area contributed by atoms with Crippen LogP contribution in [-0.4, -0.2) is 29.4 Å². The van der Waals surface area contributed by atoms with Gasteiger partial charge in [0, 0.05) is 38.3 Å². The number of para-hydroxylation sites is 1. The van der Waals surface area contributed by atoms with Crippen LogP contribution in [0.2, 0.25) is 0 Å². The van der Waals surface area contributed by atoms with E-state index in [1.54, 1.807) is 12.4 Å². The number of nitrogens with zero attached hydrogens (tertiary/aromatic N) is 1. The standard InChI is InChI=1S/C18H19N3O3/c22-17(21-12-13-5-8-19-9-6-13)7-10-20-18(23)16-11-14-3-1-2-4-15(14)24-16/h1-6,8-9,16H,7,10-12H2,(H,20,23)(H,21,22)/t16-/m0/s1. The Morgan fingerprint density at radius 3 is 2.71 bits per heavy atom. The van der Waals surface area contributed by atoms with Crippen molar-refractivity contribution < 1.29 is 14.3 Å². The largest absolute Gasteiger partial charge is 0.480 e. The number of benzene rings is 1. The number of carbonyl (C=O) groups excluding carboxylic acids is 2. The zero-order valence-corrected chi connectivity index (χ0v) is 13.2. The monoisotopic (exact) mass is 325 g/mol. The summed E-state index contributed by atoms with van der Waals surface area (Å²) in [6, 6.07) is 11.3. The molecule has 2 aromatic rings. The Hall–Kier alpha value is -2.89. The van der Waals surface area contributed by atoms with Crippen LogP contribution in [0.3, 0.4) is 0 Å². The molecular formula is C18H19N3O3. The Bertz CT molecular complexity index is 693. The number of amides is 2. The smallest absolute Gasteiger partial charge is 0.261 e. The van der Waals surface area contributed by atoms with Crippen molar-refractivity contribution >= 4 is 11.8 Å². The minimum Gasteiger partial charge on any atom is -0.480 e. The Morgan fingerprint density at radius 2 is 1.92 bits per heavy atom. The number of ether oxygens (including phenoxy) is 1. The highest BCUT2D eigenvalue weighted by molar-refractivity contribution is 5.83. The van der Waals surface area contributed by atoms with Gasteiger partial charge in [-0.2, -0.15) is 0 Å². The first-order valence-corrected chi connectivity index (χ1v) is 7.90. The van der Waals surface area contributed by atoms with Crippen LogP contribution in [0.4, 0.5) is 0 Å². The molecule has 0 spiro atoms. The van der Waals surface area contributed by atoms with E-state index in [1.165, 1.54) is 0 Å². The Balaban J connectivity index is 1.36. The molecule has 6 heteroatoms. The zero-order valence-electron chi connectivity index (χ0n) is 13.2. The van der Waals surface area contributed by atoms with E-state index in [1.807, 2.05) is 36.4 Å². The van der Waals surface area contributed by atoms with Gasteiger partial charge in [-0.3, -0.25) is 14.6 Å². The van der Waals surface area contributed by atoms with Gasteiger partial charge in [-0.25, -0.2) is 0 Å². The van der Waals surface area contributed by atoms with Crippen molar-refractivity contribution in [3.63, 3.8) is 0 Å². The third-order valence-corrected chi connectivity index (χ3v) is 3.83. The molecule has 0 fully saturated rings. The van der Waals surface area contributed by atoms with Gasteiger partial charge in [0.15, 0.2) is 6.10 Å². The van der Waals surface area contributed by atoms with Gasteiger partial charge in [0.25, 0.3) is 5.91 Å². The molecule has 2 amide bonds. The van der Waals surface area contributed by atoms with Crippen LogP contribution in [0, 0.1) is 0 Å². The highest BCUT2D eigenvalue weighted by Crippen LogP contribution is 2.27. The second-order valence-electron chi connectivity index (χ2n) is 5.59. The van der Waals surface area contributed by atoms with Crippen molar-refractivity contribution in [3.8, 4) is 5.75 Å². The second-order valence-corrected chi connectivity index (χ2v) is 5.59. The van der Waals surface area contributed by atoms with Gasteiger partial charge in [0.05, 0.1) is 0 Å². The van der Waals surface area contributed by atoms with Gasteiger partial charge < -0.3 is 15.4 Å². The molecule has 1 aromatic heterocycles. The summed E-state index contributed by atoms with van der Waals surface area (Å²) < 4.78 is 5.61. The summed E-state index contributed by atoms with van der Waals surface area (Å²) in [7, 11) is 0. The van der Waals surface area contributed by atoms with Crippen LogP contribution in [0.5, 0.6) is 5.75 Å². The fourth-order valence-electron chi connectivity index (χ4n) is 2.53. The average molecular weight is 325 g/mol. The molecule has 1 aromatic carbocycles. The molecule has 1 aliphatic heterocycles. The van der Waals surface area contributed by atoms with Gasteiger partial charge in [-0.1, -0.05) is 18.2 Å². The molecule has 124 valence electrons. The number of hydrogen-bond acceptors (Lipinski definition) is 4. The molecule has 1 aliphatic rings. The van der Waals surface area contributed by atoms with E-state index < -0.39 is 6.10 Å². The molecule has 0 bridgehead atoms. The van der Waals surface area contributed by atoms with Crippen molar-refractivity contribution in [2.75, 3.05) is 6.54 Å². The lowest BCUT2D eigenvalue weighted by Gasteiger charge is -2.11. The summed E-state index contributed by atoms with van der Waals surface area (Å²) in [6.45, 7) is 0.744. The lowest BCUT2D eigenvalue weighted by molar-refractivity contribution is -0.127. The molecule has 3 rings (SSSR count). The number of aromatic nitrogens is 1. The summed E-state index contributed by atoms with van der Waals surface area (Å²) in [5.41, 5.74) is 2.02. The highest BCUT2D eigenvalue weighted by Gasteiger charge is 2.28. The normalized spacial score (nSPS) is 15.2. The van der Waals surface area contributed by atoms with Gasteiger partial charge in [0.2, 0.25) is 5.91 Å². The Labute approximate surface area is 140 Å². The first-order chi connectivity index (χ1) is 11.7. The van der Waals surface area contributed by atoms with Gasteiger partial charge in [0.1, 0.15) is 5.75 Å². The summed E-state index contributed by atoms with van der Waals surface area (Å²) in [5.74, 6) is 0.462. The summed E-state index contributed by atoms with van der Waals surface area (Å²) >= 11 is 0. The maximum absolute atomic E-state index is 12.1. The van der Waals surface area contributed by atoms with Crippen LogP contribution in [0.15, 0.2) is 48.8 Å². The fourth-order valence-corrected chi connectivity index (χ4v) is 2.53. The molecule has 2 N–H and O–H groups in total. The van der Waals surface area contributed by atoms with E-state index >= 15 is 0 Å². The van der Waals surface area contributed by atoms with E-state index in [-0.39, 0.29) is 24.8 Å². The summed E-state index contributed by atoms with van der Waals surface area (Å²) in [6.07, 6.45) is 3.65. The van der Waals surface area contributed by atoms with Crippen molar-refractivity contribution in [3.05, 3.63) is 59.9 Å². The van der Waals surface area contributed by atoms with E-state index in [0.717, 1.165) is 16.9 Å². The van der Waals surface area contributed by atoms with Gasteiger partial charge >= 0.3 is 0 Å². The van der Waals surface area contributed by atoms with Crippen LogP contribution in [-0.2, 0) is 22.6 Å². The first-order valence-electron chi connectivity index (χ1n) is 7.90. The van der Waals surface area contributed by atoms with Gasteiger partial charge in [-0.05, 0) is 29.3 Å². The third-order valence-electron chi connectivity index (χ3n) is 3.83. The number of pyridine rings is 1. The number of carbonyl (C=O) groups is 2. The topological polar surface area (TPSA) is 80.3 Å². The molecule has 0 aliphatic carbocycles. The molecule has 0 saturated carbocycles. The minimum absolute atomic E-state index is 0.109. The molecule has 6 nitrogen and oxygen atoms in total. The predicted molar refractivity (Wildman–Crippen MR) is 88.3 cm³/mol. The van der Waals surface area contributed by atoms with Gasteiger partial charge in [-0.15, -0.1) is 0 Å². The fraction of sp³-hybridized carbons (Fsp3) is 0.278. The van der Waals surface area contributed by atoms with Crippen LogP contribution in [0.1, 0.15) is 17.5 Å². The molecule has 0 saturated heterocycles. The van der Waals surface area contributed by atoms with Crippen LogP contribution >= 0.6 is 0 Å². The van der Waals surface area contributed by atoms with Crippen molar-refractivity contribution in [2.24, 2.45) is 0 Å². The molecular weight excluding hydrogens is 306 g/mol. The summed E-state index contributed by atoms with van der Waals surface area (Å²) in [4.78, 5) is 27.8. The Morgan fingerprint density at radius 1 is 1.12 bits per heavy atom. The highest BCUT2D eigenvalue weighted by atomic mass is 16.5. The molecule has 24 heavy (non-hydrogen) atoms. The van der Waals surface area contributed by atoms with Crippen LogP contribution in [0.25, 0.3) is 0 Å². The van der Waals surface area contributed by atoms with Crippen molar-refractivity contribution in [2.45, 2.75) is 25.5 Å². The van der Waals surface area contributed by atoms with E-state index in [0.29, 0.717) is 13.0 Å². The number of hydrogen-bond donors (Lipinski definition) is 2. The number of rotatable bonds is 6. The molecule has 0 unspecified atom stereocenters. The van der Waals surface area contributed by atoms with Crippen molar-refractivity contribution in [1.29, 1.82) is 0 Å². The third kappa shape index (κ3) is 4.10. The second kappa shape index (κ2) is 7.59. The van der Waals surface area contributed by atoms with E-state index in [9.17, 15) is 9.59 Å². The minimum atomic E-state index is -0.512. The van der Waals surface area contributed by atoms with Crippen LogP contribution < -0.4 is 15.4 Å². The quantitative estimate of drug-likeness (QED) is 0.836. The maximum atomic E-state index is 12.1. The first kappa shape index (κ1) is 16.0. The lowest BCUT2D eigenvalue weighted by atomic mass is 10.1. The maximum Gasteiger partial charge on any atom is 0.261 e. The predicted octanol–water partition coefficient (Wildman–Crippen LogP) is 1.21. The molecule has 2 heterocycles. The average Bonchev–Trinajstić information content (AvgIpc) is 3.05. The molecule has 1 atom stereocenters. The molecule has 0 radical (unpaired) electrons.